The van der Waals surface area contributed by atoms with Gasteiger partial charge in [0.25, 0.3) is 0 Å². The third-order valence-corrected chi connectivity index (χ3v) is 4.15. The van der Waals surface area contributed by atoms with Crippen LogP contribution in [-0.4, -0.2) is 12.9 Å². The zero-order chi connectivity index (χ0) is 14.9. The van der Waals surface area contributed by atoms with E-state index in [-0.39, 0.29) is 16.0 Å². The van der Waals surface area contributed by atoms with Gasteiger partial charge in [-0.05, 0) is 41.1 Å². The number of ketones is 1. The molecule has 0 aliphatic heterocycles. The zero-order valence-electron chi connectivity index (χ0n) is 10.8. The van der Waals surface area contributed by atoms with Crippen LogP contribution in [-0.2, 0) is 0 Å². The maximum Gasteiger partial charge on any atom is 0.197 e. The van der Waals surface area contributed by atoms with Crippen molar-refractivity contribution >= 4 is 37.6 Å². The minimum absolute atomic E-state index is 0.212. The summed E-state index contributed by atoms with van der Waals surface area (Å²) in [5.74, 6) is -0.482. The van der Waals surface area contributed by atoms with Crippen molar-refractivity contribution in [3.8, 4) is 5.75 Å². The van der Waals surface area contributed by atoms with Gasteiger partial charge >= 0.3 is 0 Å². The number of carbonyl (C=O) groups excluding carboxylic acids is 1. The minimum Gasteiger partial charge on any atom is -0.496 e. The monoisotopic (exact) mass is 400 g/mol. The van der Waals surface area contributed by atoms with Gasteiger partial charge in [0.15, 0.2) is 5.78 Å². The Balaban J connectivity index is 2.58. The molecule has 2 aromatic carbocycles. The molecule has 0 aromatic heterocycles. The molecule has 0 spiro atoms. The van der Waals surface area contributed by atoms with Crippen LogP contribution < -0.4 is 4.74 Å². The molecule has 0 aliphatic rings. The van der Waals surface area contributed by atoms with Crippen molar-refractivity contribution in [1.82, 2.24) is 0 Å². The van der Waals surface area contributed by atoms with Gasteiger partial charge in [0.1, 0.15) is 11.6 Å². The SMILES string of the molecule is COc1cc(F)c(Br)cc1C(=O)c1cc(C)ccc1Br. The van der Waals surface area contributed by atoms with E-state index in [0.717, 1.165) is 5.56 Å². The molecule has 0 N–H and O–H groups in total. The van der Waals surface area contributed by atoms with Crippen LogP contribution in [0.25, 0.3) is 0 Å². The van der Waals surface area contributed by atoms with Gasteiger partial charge in [-0.2, -0.15) is 0 Å². The van der Waals surface area contributed by atoms with Gasteiger partial charge in [0.05, 0.1) is 17.1 Å². The van der Waals surface area contributed by atoms with Crippen LogP contribution in [0.1, 0.15) is 21.5 Å². The van der Waals surface area contributed by atoms with Gasteiger partial charge in [-0.1, -0.05) is 27.6 Å². The predicted molar refractivity (Wildman–Crippen MR) is 83.0 cm³/mol. The second-order valence-corrected chi connectivity index (χ2v) is 5.99. The van der Waals surface area contributed by atoms with Gasteiger partial charge in [0.2, 0.25) is 0 Å². The fraction of sp³-hybridized carbons (Fsp3) is 0.133. The molecule has 0 aliphatic carbocycles. The third kappa shape index (κ3) is 2.94. The lowest BCUT2D eigenvalue weighted by Crippen LogP contribution is -2.06. The molecule has 0 fully saturated rings. The van der Waals surface area contributed by atoms with Crippen molar-refractivity contribution < 1.29 is 13.9 Å². The van der Waals surface area contributed by atoms with Crippen LogP contribution in [0.5, 0.6) is 5.75 Å². The summed E-state index contributed by atoms with van der Waals surface area (Å²) >= 11 is 6.45. The molecule has 5 heteroatoms. The highest BCUT2D eigenvalue weighted by Gasteiger charge is 2.19. The summed E-state index contributed by atoms with van der Waals surface area (Å²) in [6, 6.07) is 8.13. The van der Waals surface area contributed by atoms with Crippen LogP contribution in [0.15, 0.2) is 39.3 Å². The molecule has 0 unspecified atom stereocenters. The van der Waals surface area contributed by atoms with Gasteiger partial charge in [0, 0.05) is 16.1 Å². The second kappa shape index (κ2) is 6.06. The Morgan fingerprint density at radius 1 is 1.10 bits per heavy atom. The molecule has 0 radical (unpaired) electrons. The summed E-state index contributed by atoms with van der Waals surface area (Å²) in [4.78, 5) is 12.6. The Bertz CT molecular complexity index is 684. The number of methoxy groups -OCH3 is 1. The number of benzene rings is 2. The predicted octanol–water partition coefficient (Wildman–Crippen LogP) is 4.90. The Labute approximate surface area is 133 Å². The molecule has 0 bridgehead atoms. The minimum atomic E-state index is -0.471. The van der Waals surface area contributed by atoms with E-state index in [1.165, 1.54) is 19.2 Å². The van der Waals surface area contributed by atoms with E-state index in [4.69, 9.17) is 4.74 Å². The molecular weight excluding hydrogens is 391 g/mol. The summed E-state index contributed by atoms with van der Waals surface area (Å²) < 4.78 is 19.5. The molecule has 20 heavy (non-hydrogen) atoms. The van der Waals surface area contributed by atoms with Crippen LogP contribution in [0.4, 0.5) is 4.39 Å². The average molecular weight is 402 g/mol. The number of halogens is 3. The highest BCUT2D eigenvalue weighted by molar-refractivity contribution is 9.10. The van der Waals surface area contributed by atoms with E-state index < -0.39 is 5.82 Å². The number of ether oxygens (including phenoxy) is 1. The van der Waals surface area contributed by atoms with E-state index in [1.54, 1.807) is 6.07 Å². The summed E-state index contributed by atoms with van der Waals surface area (Å²) in [5, 5.41) is 0. The topological polar surface area (TPSA) is 26.3 Å². The van der Waals surface area contributed by atoms with E-state index in [0.29, 0.717) is 15.6 Å². The van der Waals surface area contributed by atoms with Crippen molar-refractivity contribution in [2.45, 2.75) is 6.92 Å². The van der Waals surface area contributed by atoms with Gasteiger partial charge in [-0.3, -0.25) is 4.79 Å². The molecule has 0 atom stereocenters. The lowest BCUT2D eigenvalue weighted by Gasteiger charge is -2.10. The second-order valence-electron chi connectivity index (χ2n) is 4.28. The van der Waals surface area contributed by atoms with E-state index in [1.807, 2.05) is 19.1 Å². The van der Waals surface area contributed by atoms with Crippen molar-refractivity contribution in [3.63, 3.8) is 0 Å². The maximum absolute atomic E-state index is 13.5. The van der Waals surface area contributed by atoms with E-state index >= 15 is 0 Å². The first-order valence-electron chi connectivity index (χ1n) is 5.78. The fourth-order valence-electron chi connectivity index (χ4n) is 1.83. The maximum atomic E-state index is 13.5. The highest BCUT2D eigenvalue weighted by atomic mass is 79.9. The van der Waals surface area contributed by atoms with Gasteiger partial charge < -0.3 is 4.74 Å². The number of hydrogen-bond donors (Lipinski definition) is 0. The molecule has 0 saturated carbocycles. The first-order chi connectivity index (χ1) is 9.43. The smallest absolute Gasteiger partial charge is 0.197 e. The first-order valence-corrected chi connectivity index (χ1v) is 7.36. The van der Waals surface area contributed by atoms with Gasteiger partial charge in [-0.25, -0.2) is 4.39 Å². The summed E-state index contributed by atoms with van der Waals surface area (Å²) in [6.07, 6.45) is 0. The fourth-order valence-corrected chi connectivity index (χ4v) is 2.60. The molecule has 0 saturated heterocycles. The average Bonchev–Trinajstić information content (AvgIpc) is 2.43. The number of rotatable bonds is 3. The number of carbonyl (C=O) groups is 1. The number of hydrogen-bond acceptors (Lipinski definition) is 2. The van der Waals surface area contributed by atoms with Crippen molar-refractivity contribution in [2.75, 3.05) is 7.11 Å². The van der Waals surface area contributed by atoms with Crippen molar-refractivity contribution in [3.05, 3.63) is 61.8 Å². The quantitative estimate of drug-likeness (QED) is 0.683. The Morgan fingerprint density at radius 3 is 2.45 bits per heavy atom. The molecule has 0 heterocycles. The first kappa shape index (κ1) is 15.2. The van der Waals surface area contributed by atoms with Crippen LogP contribution in [0.2, 0.25) is 0 Å². The molecular formula is C15H11Br2FO2. The standard InChI is InChI=1S/C15H11Br2FO2/c1-8-3-4-11(16)9(5-8)15(19)10-6-12(17)13(18)7-14(10)20-2/h3-7H,1-2H3. The normalized spacial score (nSPS) is 10.4. The zero-order valence-corrected chi connectivity index (χ0v) is 14.0. The van der Waals surface area contributed by atoms with Crippen molar-refractivity contribution in [2.24, 2.45) is 0 Å². The Kier molecular flexibility index (Phi) is 4.60. The van der Waals surface area contributed by atoms with Crippen LogP contribution in [0.3, 0.4) is 0 Å². The third-order valence-electron chi connectivity index (χ3n) is 2.85. The lowest BCUT2D eigenvalue weighted by molar-refractivity contribution is 0.103. The van der Waals surface area contributed by atoms with E-state index in [9.17, 15) is 9.18 Å². The largest absolute Gasteiger partial charge is 0.496 e. The van der Waals surface area contributed by atoms with Crippen molar-refractivity contribution in [1.29, 1.82) is 0 Å². The number of aryl methyl sites for hydroxylation is 1. The van der Waals surface area contributed by atoms with Crippen LogP contribution >= 0.6 is 31.9 Å². The molecule has 2 aromatic rings. The summed E-state index contributed by atoms with van der Waals surface area (Å²) in [5.41, 5.74) is 1.80. The molecule has 2 rings (SSSR count). The van der Waals surface area contributed by atoms with E-state index in [2.05, 4.69) is 31.9 Å². The lowest BCUT2D eigenvalue weighted by atomic mass is 10.0. The summed E-state index contributed by atoms with van der Waals surface area (Å²) in [7, 11) is 1.41. The molecule has 104 valence electrons. The molecule has 2 nitrogen and oxygen atoms in total. The Hall–Kier alpha value is -1.20. The highest BCUT2D eigenvalue weighted by Crippen LogP contribution is 2.30. The molecule has 0 amide bonds. The van der Waals surface area contributed by atoms with Gasteiger partial charge in [-0.15, -0.1) is 0 Å². The van der Waals surface area contributed by atoms with Crippen LogP contribution in [0, 0.1) is 12.7 Å². The Morgan fingerprint density at radius 2 is 1.80 bits per heavy atom. The summed E-state index contributed by atoms with van der Waals surface area (Å²) in [6.45, 7) is 1.90.